The molecule has 0 aromatic carbocycles. The van der Waals surface area contributed by atoms with Crippen LogP contribution in [0.2, 0.25) is 0 Å². The molecule has 2 nitrogen and oxygen atoms in total. The molecule has 0 amide bonds. The van der Waals surface area contributed by atoms with E-state index in [2.05, 4.69) is 34.8 Å². The number of hydrogen-bond donors (Lipinski definition) is 1. The van der Waals surface area contributed by atoms with Crippen LogP contribution < -0.4 is 5.32 Å². The van der Waals surface area contributed by atoms with Crippen LogP contribution in [0.4, 0.5) is 0 Å². The predicted octanol–water partition coefficient (Wildman–Crippen LogP) is 1.19. The first-order valence-corrected chi connectivity index (χ1v) is 5.67. The number of likely N-dealkylation sites (N-methyl/N-ethyl adjacent to an activating group) is 1. The van der Waals surface area contributed by atoms with Crippen molar-refractivity contribution in [3.05, 3.63) is 22.4 Å². The van der Waals surface area contributed by atoms with E-state index in [0.29, 0.717) is 0 Å². The highest BCUT2D eigenvalue weighted by atomic mass is 32.1. The van der Waals surface area contributed by atoms with E-state index in [1.807, 2.05) is 11.3 Å². The van der Waals surface area contributed by atoms with Gasteiger partial charge in [-0.2, -0.15) is 0 Å². The quantitative estimate of drug-likeness (QED) is 0.778. The normalized spacial score (nSPS) is 17.7. The van der Waals surface area contributed by atoms with Crippen molar-refractivity contribution in [3.8, 4) is 0 Å². The zero-order valence-corrected chi connectivity index (χ0v) is 8.81. The van der Waals surface area contributed by atoms with Crippen LogP contribution in [-0.2, 0) is 6.42 Å². The van der Waals surface area contributed by atoms with Crippen LogP contribution in [0.3, 0.4) is 0 Å². The van der Waals surface area contributed by atoms with Crippen molar-refractivity contribution in [1.82, 2.24) is 10.2 Å². The molecule has 1 aromatic heterocycles. The third-order valence-corrected chi connectivity index (χ3v) is 3.61. The van der Waals surface area contributed by atoms with Crippen LogP contribution in [-0.4, -0.2) is 37.6 Å². The maximum absolute atomic E-state index is 3.30. The van der Waals surface area contributed by atoms with E-state index in [-0.39, 0.29) is 0 Å². The highest BCUT2D eigenvalue weighted by Gasteiger charge is 2.20. The van der Waals surface area contributed by atoms with E-state index in [4.69, 9.17) is 0 Å². The summed E-state index contributed by atoms with van der Waals surface area (Å²) in [4.78, 5) is 3.95. The van der Waals surface area contributed by atoms with Crippen molar-refractivity contribution < 1.29 is 0 Å². The van der Waals surface area contributed by atoms with Crippen molar-refractivity contribution in [2.75, 3.05) is 26.7 Å². The molecule has 0 saturated carbocycles. The fraction of sp³-hybridized carbons (Fsp3) is 0.600. The van der Waals surface area contributed by atoms with Crippen LogP contribution in [0.15, 0.2) is 17.5 Å². The summed E-state index contributed by atoms with van der Waals surface area (Å²) in [5.74, 6) is 0. The summed E-state index contributed by atoms with van der Waals surface area (Å²) in [7, 11) is 2.22. The van der Waals surface area contributed by atoms with Crippen LogP contribution in [0.5, 0.6) is 0 Å². The van der Waals surface area contributed by atoms with E-state index in [1.165, 1.54) is 30.9 Å². The summed E-state index contributed by atoms with van der Waals surface area (Å²) >= 11 is 1.86. The Labute approximate surface area is 83.6 Å². The second-order valence-corrected chi connectivity index (χ2v) is 4.65. The van der Waals surface area contributed by atoms with E-state index < -0.39 is 0 Å². The third kappa shape index (κ3) is 2.30. The number of thiophene rings is 1. The SMILES string of the molecule is CN(CCc1cccs1)C1CNC1. The number of hydrogen-bond acceptors (Lipinski definition) is 3. The summed E-state index contributed by atoms with van der Waals surface area (Å²) in [6.07, 6.45) is 1.20. The lowest BCUT2D eigenvalue weighted by Crippen LogP contribution is -2.56. The average Bonchev–Trinajstić information content (AvgIpc) is 2.49. The monoisotopic (exact) mass is 196 g/mol. The Morgan fingerprint density at radius 1 is 1.62 bits per heavy atom. The lowest BCUT2D eigenvalue weighted by atomic mass is 10.1. The van der Waals surface area contributed by atoms with Crippen molar-refractivity contribution >= 4 is 11.3 Å². The smallest absolute Gasteiger partial charge is 0.0342 e. The minimum atomic E-state index is 0.778. The Morgan fingerprint density at radius 2 is 2.46 bits per heavy atom. The summed E-state index contributed by atoms with van der Waals surface area (Å²) in [5, 5.41) is 5.45. The van der Waals surface area contributed by atoms with Gasteiger partial charge in [-0.3, -0.25) is 0 Å². The largest absolute Gasteiger partial charge is 0.314 e. The molecule has 1 aliphatic rings. The minimum absolute atomic E-state index is 0.778. The summed E-state index contributed by atoms with van der Waals surface area (Å²) in [5.41, 5.74) is 0. The molecule has 0 unspecified atom stereocenters. The minimum Gasteiger partial charge on any atom is -0.314 e. The Balaban J connectivity index is 1.72. The topological polar surface area (TPSA) is 15.3 Å². The van der Waals surface area contributed by atoms with Gasteiger partial charge in [-0.1, -0.05) is 6.07 Å². The first-order chi connectivity index (χ1) is 6.36. The maximum atomic E-state index is 3.30. The van der Waals surface area contributed by atoms with Gasteiger partial charge >= 0.3 is 0 Å². The lowest BCUT2D eigenvalue weighted by molar-refractivity contribution is 0.182. The average molecular weight is 196 g/mol. The molecule has 13 heavy (non-hydrogen) atoms. The molecular formula is C10H16N2S. The van der Waals surface area contributed by atoms with Crippen LogP contribution in [0.1, 0.15) is 4.88 Å². The molecule has 0 spiro atoms. The molecule has 2 heterocycles. The molecule has 3 heteroatoms. The first-order valence-electron chi connectivity index (χ1n) is 4.79. The summed E-state index contributed by atoms with van der Waals surface area (Å²) < 4.78 is 0. The Hall–Kier alpha value is -0.380. The van der Waals surface area contributed by atoms with Gasteiger partial charge in [0, 0.05) is 30.6 Å². The molecule has 1 saturated heterocycles. The van der Waals surface area contributed by atoms with Crippen LogP contribution in [0.25, 0.3) is 0 Å². The molecule has 0 atom stereocenters. The molecule has 0 bridgehead atoms. The zero-order chi connectivity index (χ0) is 9.10. The van der Waals surface area contributed by atoms with Crippen LogP contribution >= 0.6 is 11.3 Å². The number of rotatable bonds is 4. The van der Waals surface area contributed by atoms with Crippen molar-refractivity contribution in [3.63, 3.8) is 0 Å². The maximum Gasteiger partial charge on any atom is 0.0342 e. The van der Waals surface area contributed by atoms with Gasteiger partial charge in [0.15, 0.2) is 0 Å². The molecule has 1 N–H and O–H groups in total. The van der Waals surface area contributed by atoms with Crippen molar-refractivity contribution in [2.45, 2.75) is 12.5 Å². The van der Waals surface area contributed by atoms with E-state index >= 15 is 0 Å². The standard InChI is InChI=1S/C10H16N2S/c1-12(9-7-11-8-9)5-4-10-3-2-6-13-10/h2-3,6,9,11H,4-5,7-8H2,1H3. The van der Waals surface area contributed by atoms with Gasteiger partial charge in [0.2, 0.25) is 0 Å². The molecule has 72 valence electrons. The third-order valence-electron chi connectivity index (χ3n) is 2.67. The van der Waals surface area contributed by atoms with Gasteiger partial charge < -0.3 is 10.2 Å². The first kappa shape index (κ1) is 9.19. The van der Waals surface area contributed by atoms with E-state index in [0.717, 1.165) is 6.04 Å². The molecule has 1 aliphatic heterocycles. The molecular weight excluding hydrogens is 180 g/mol. The second-order valence-electron chi connectivity index (χ2n) is 3.62. The van der Waals surface area contributed by atoms with Gasteiger partial charge in [0.25, 0.3) is 0 Å². The second kappa shape index (κ2) is 4.22. The molecule has 1 fully saturated rings. The Bertz CT molecular complexity index is 241. The fourth-order valence-electron chi connectivity index (χ4n) is 1.51. The van der Waals surface area contributed by atoms with Crippen molar-refractivity contribution in [1.29, 1.82) is 0 Å². The number of nitrogens with zero attached hydrogens (tertiary/aromatic N) is 1. The van der Waals surface area contributed by atoms with Gasteiger partial charge in [0.1, 0.15) is 0 Å². The summed E-state index contributed by atoms with van der Waals surface area (Å²) in [6.45, 7) is 3.52. The molecule has 0 radical (unpaired) electrons. The lowest BCUT2D eigenvalue weighted by Gasteiger charge is -2.35. The number of nitrogens with one attached hydrogen (secondary N) is 1. The summed E-state index contributed by atoms with van der Waals surface area (Å²) in [6, 6.07) is 5.13. The Kier molecular flexibility index (Phi) is 2.98. The van der Waals surface area contributed by atoms with Gasteiger partial charge in [-0.05, 0) is 24.9 Å². The molecule has 0 aliphatic carbocycles. The fourth-order valence-corrected chi connectivity index (χ4v) is 2.21. The molecule has 1 aromatic rings. The molecule has 2 rings (SSSR count). The van der Waals surface area contributed by atoms with Gasteiger partial charge in [-0.15, -0.1) is 11.3 Å². The van der Waals surface area contributed by atoms with Gasteiger partial charge in [0.05, 0.1) is 0 Å². The van der Waals surface area contributed by atoms with E-state index in [1.54, 1.807) is 0 Å². The predicted molar refractivity (Wildman–Crippen MR) is 57.3 cm³/mol. The zero-order valence-electron chi connectivity index (χ0n) is 7.99. The van der Waals surface area contributed by atoms with Crippen LogP contribution in [0, 0.1) is 0 Å². The highest BCUT2D eigenvalue weighted by Crippen LogP contribution is 2.10. The highest BCUT2D eigenvalue weighted by molar-refractivity contribution is 7.09. The van der Waals surface area contributed by atoms with Gasteiger partial charge in [-0.25, -0.2) is 0 Å². The Morgan fingerprint density at radius 3 is 3.00 bits per heavy atom. The van der Waals surface area contributed by atoms with Crippen molar-refractivity contribution in [2.24, 2.45) is 0 Å². The van der Waals surface area contributed by atoms with E-state index in [9.17, 15) is 0 Å².